The zero-order valence-corrected chi connectivity index (χ0v) is 11.5. The predicted octanol–water partition coefficient (Wildman–Crippen LogP) is 1.56. The molecule has 1 unspecified atom stereocenters. The molecule has 0 saturated carbocycles. The third-order valence-corrected chi connectivity index (χ3v) is 3.68. The smallest absolute Gasteiger partial charge is 0.335 e. The molecule has 0 bridgehead atoms. The van der Waals surface area contributed by atoms with E-state index in [9.17, 15) is 9.59 Å². The van der Waals surface area contributed by atoms with Crippen molar-refractivity contribution in [3.63, 3.8) is 0 Å². The summed E-state index contributed by atoms with van der Waals surface area (Å²) in [5, 5.41) is 8.82. The van der Waals surface area contributed by atoms with E-state index in [1.165, 1.54) is 0 Å². The van der Waals surface area contributed by atoms with Gasteiger partial charge in [-0.25, -0.2) is 4.79 Å². The molecule has 1 amide bonds. The molecule has 1 aromatic rings. The Bertz CT molecular complexity index is 477. The van der Waals surface area contributed by atoms with Crippen molar-refractivity contribution in [1.29, 1.82) is 0 Å². The monoisotopic (exact) mass is 277 g/mol. The number of nitrogens with zero attached hydrogens (tertiary/aromatic N) is 1. The van der Waals surface area contributed by atoms with Crippen LogP contribution in [0.25, 0.3) is 0 Å². The van der Waals surface area contributed by atoms with Crippen molar-refractivity contribution < 1.29 is 19.4 Å². The summed E-state index contributed by atoms with van der Waals surface area (Å²) in [6.07, 6.45) is 1.95. The quantitative estimate of drug-likeness (QED) is 0.887. The van der Waals surface area contributed by atoms with Gasteiger partial charge < -0.3 is 14.7 Å². The summed E-state index contributed by atoms with van der Waals surface area (Å²) in [7, 11) is 1.81. The molecule has 0 aliphatic carbocycles. The molecule has 1 saturated heterocycles. The summed E-state index contributed by atoms with van der Waals surface area (Å²) in [5.74, 6) is -0.837. The molecule has 5 nitrogen and oxygen atoms in total. The molecule has 0 aromatic heterocycles. The van der Waals surface area contributed by atoms with Crippen LogP contribution in [0.15, 0.2) is 24.3 Å². The molecular weight excluding hydrogens is 258 g/mol. The van der Waals surface area contributed by atoms with Crippen LogP contribution in [-0.4, -0.2) is 48.2 Å². The number of carboxylic acids is 1. The molecule has 20 heavy (non-hydrogen) atoms. The number of benzene rings is 1. The van der Waals surface area contributed by atoms with E-state index in [1.54, 1.807) is 29.2 Å². The van der Waals surface area contributed by atoms with Gasteiger partial charge in [-0.15, -0.1) is 0 Å². The molecule has 108 valence electrons. The third kappa shape index (κ3) is 3.57. The molecule has 1 N–H and O–H groups in total. The fourth-order valence-corrected chi connectivity index (χ4v) is 2.27. The number of carbonyl (C=O) groups is 2. The molecular formula is C15H19NO4. The molecule has 1 aliphatic rings. The second kappa shape index (κ2) is 6.52. The minimum Gasteiger partial charge on any atom is -0.478 e. The first-order chi connectivity index (χ1) is 9.58. The third-order valence-electron chi connectivity index (χ3n) is 3.68. The summed E-state index contributed by atoms with van der Waals surface area (Å²) < 4.78 is 5.28. The molecule has 1 fully saturated rings. The maximum absolute atomic E-state index is 12.1. The van der Waals surface area contributed by atoms with Crippen LogP contribution in [0.1, 0.15) is 28.8 Å². The first-order valence-corrected chi connectivity index (χ1v) is 6.73. The number of amides is 1. The van der Waals surface area contributed by atoms with Gasteiger partial charge >= 0.3 is 5.97 Å². The van der Waals surface area contributed by atoms with Crippen molar-refractivity contribution in [1.82, 2.24) is 4.90 Å². The standard InChI is InChI=1S/C15H19NO4/c1-16(13-8-9-20-10-13)14(17)7-4-11-2-5-12(6-3-11)15(18)19/h2-3,5-6,13H,4,7-10H2,1H3,(H,18,19). The lowest BCUT2D eigenvalue weighted by atomic mass is 10.1. The molecule has 2 rings (SSSR count). The number of rotatable bonds is 5. The number of aromatic carboxylic acids is 1. The maximum atomic E-state index is 12.1. The van der Waals surface area contributed by atoms with Gasteiger partial charge in [0.25, 0.3) is 0 Å². The van der Waals surface area contributed by atoms with Gasteiger partial charge in [0, 0.05) is 20.1 Å². The van der Waals surface area contributed by atoms with Gasteiger partial charge in [-0.2, -0.15) is 0 Å². The van der Waals surface area contributed by atoms with E-state index in [4.69, 9.17) is 9.84 Å². The topological polar surface area (TPSA) is 66.8 Å². The Kier molecular flexibility index (Phi) is 4.74. The highest BCUT2D eigenvalue weighted by Gasteiger charge is 2.23. The number of hydrogen-bond donors (Lipinski definition) is 1. The summed E-state index contributed by atoms with van der Waals surface area (Å²) >= 11 is 0. The zero-order valence-electron chi connectivity index (χ0n) is 11.5. The van der Waals surface area contributed by atoms with Gasteiger partial charge in [0.2, 0.25) is 5.91 Å². The van der Waals surface area contributed by atoms with Gasteiger partial charge in [0.1, 0.15) is 0 Å². The van der Waals surface area contributed by atoms with Crippen molar-refractivity contribution in [3.05, 3.63) is 35.4 Å². The van der Waals surface area contributed by atoms with Crippen LogP contribution >= 0.6 is 0 Å². The van der Waals surface area contributed by atoms with E-state index in [-0.39, 0.29) is 17.5 Å². The fraction of sp³-hybridized carbons (Fsp3) is 0.467. The summed E-state index contributed by atoms with van der Waals surface area (Å²) in [5.41, 5.74) is 1.24. The summed E-state index contributed by atoms with van der Waals surface area (Å²) in [6, 6.07) is 6.84. The van der Waals surface area contributed by atoms with E-state index < -0.39 is 5.97 Å². The Morgan fingerprint density at radius 3 is 2.60 bits per heavy atom. The highest BCUT2D eigenvalue weighted by Crippen LogP contribution is 2.13. The maximum Gasteiger partial charge on any atom is 0.335 e. The molecule has 1 heterocycles. The lowest BCUT2D eigenvalue weighted by Crippen LogP contribution is -2.37. The predicted molar refractivity (Wildman–Crippen MR) is 73.7 cm³/mol. The van der Waals surface area contributed by atoms with Crippen LogP contribution in [-0.2, 0) is 16.0 Å². The van der Waals surface area contributed by atoms with Crippen molar-refractivity contribution in [2.45, 2.75) is 25.3 Å². The Morgan fingerprint density at radius 2 is 2.05 bits per heavy atom. The van der Waals surface area contributed by atoms with Gasteiger partial charge in [-0.05, 0) is 30.5 Å². The number of likely N-dealkylation sites (N-methyl/N-ethyl adjacent to an activating group) is 1. The normalized spacial score (nSPS) is 17.9. The van der Waals surface area contributed by atoms with Crippen LogP contribution < -0.4 is 0 Å². The van der Waals surface area contributed by atoms with Gasteiger partial charge in [0.05, 0.1) is 18.2 Å². The number of carbonyl (C=O) groups excluding carboxylic acids is 1. The average molecular weight is 277 g/mol. The second-order valence-corrected chi connectivity index (χ2v) is 5.02. The van der Waals surface area contributed by atoms with Crippen LogP contribution in [0.3, 0.4) is 0 Å². The lowest BCUT2D eigenvalue weighted by molar-refractivity contribution is -0.131. The van der Waals surface area contributed by atoms with E-state index in [0.717, 1.165) is 18.6 Å². The van der Waals surface area contributed by atoms with Gasteiger partial charge in [0.15, 0.2) is 0 Å². The Balaban J connectivity index is 1.84. The zero-order chi connectivity index (χ0) is 14.5. The number of aryl methyl sites for hydroxylation is 1. The minimum atomic E-state index is -0.936. The van der Waals surface area contributed by atoms with E-state index in [1.807, 2.05) is 7.05 Å². The number of hydrogen-bond acceptors (Lipinski definition) is 3. The van der Waals surface area contributed by atoms with E-state index in [2.05, 4.69) is 0 Å². The SMILES string of the molecule is CN(C(=O)CCc1ccc(C(=O)O)cc1)C1CCOC1. The number of ether oxygens (including phenoxy) is 1. The fourth-order valence-electron chi connectivity index (χ4n) is 2.27. The van der Waals surface area contributed by atoms with Crippen molar-refractivity contribution >= 4 is 11.9 Å². The lowest BCUT2D eigenvalue weighted by Gasteiger charge is -2.23. The van der Waals surface area contributed by atoms with Crippen molar-refractivity contribution in [2.75, 3.05) is 20.3 Å². The first kappa shape index (κ1) is 14.5. The first-order valence-electron chi connectivity index (χ1n) is 6.73. The van der Waals surface area contributed by atoms with Crippen LogP contribution in [0.2, 0.25) is 0 Å². The molecule has 1 aromatic carbocycles. The van der Waals surface area contributed by atoms with E-state index >= 15 is 0 Å². The largest absolute Gasteiger partial charge is 0.478 e. The van der Waals surface area contributed by atoms with Crippen LogP contribution in [0.4, 0.5) is 0 Å². The van der Waals surface area contributed by atoms with E-state index in [0.29, 0.717) is 19.4 Å². The van der Waals surface area contributed by atoms with Crippen LogP contribution in [0.5, 0.6) is 0 Å². The molecule has 0 spiro atoms. The Morgan fingerprint density at radius 1 is 1.35 bits per heavy atom. The molecule has 5 heteroatoms. The average Bonchev–Trinajstić information content (AvgIpc) is 2.98. The van der Waals surface area contributed by atoms with Gasteiger partial charge in [-0.1, -0.05) is 12.1 Å². The molecule has 0 radical (unpaired) electrons. The number of carboxylic acid groups (broad SMARTS) is 1. The highest BCUT2D eigenvalue weighted by molar-refractivity contribution is 5.87. The van der Waals surface area contributed by atoms with Gasteiger partial charge in [-0.3, -0.25) is 4.79 Å². The van der Waals surface area contributed by atoms with Crippen LogP contribution in [0, 0.1) is 0 Å². The molecule has 1 atom stereocenters. The summed E-state index contributed by atoms with van der Waals surface area (Å²) in [6.45, 7) is 1.34. The Hall–Kier alpha value is -1.88. The van der Waals surface area contributed by atoms with Crippen molar-refractivity contribution in [3.8, 4) is 0 Å². The van der Waals surface area contributed by atoms with Crippen molar-refractivity contribution in [2.24, 2.45) is 0 Å². The highest BCUT2D eigenvalue weighted by atomic mass is 16.5. The summed E-state index contributed by atoms with van der Waals surface area (Å²) in [4.78, 5) is 24.6. The second-order valence-electron chi connectivity index (χ2n) is 5.02. The molecule has 1 aliphatic heterocycles. The Labute approximate surface area is 118 Å². The minimum absolute atomic E-state index is 0.0998.